The van der Waals surface area contributed by atoms with Crippen LogP contribution in [-0.4, -0.2) is 14.6 Å². The molecule has 2 aromatic heterocycles. The second-order valence-electron chi connectivity index (χ2n) is 5.02. The van der Waals surface area contributed by atoms with E-state index in [0.29, 0.717) is 0 Å². The molecule has 0 bridgehead atoms. The number of nitrogens with zero attached hydrogens (tertiary/aromatic N) is 3. The van der Waals surface area contributed by atoms with Crippen LogP contribution in [0, 0.1) is 0 Å². The van der Waals surface area contributed by atoms with Gasteiger partial charge >= 0.3 is 0 Å². The summed E-state index contributed by atoms with van der Waals surface area (Å²) in [7, 11) is 0. The molecule has 2 N–H and O–H groups in total. The first kappa shape index (κ1) is 10.7. The van der Waals surface area contributed by atoms with Gasteiger partial charge < -0.3 is 5.73 Å². The third-order valence-corrected chi connectivity index (χ3v) is 3.75. The predicted molar refractivity (Wildman–Crippen MR) is 66.6 cm³/mol. The van der Waals surface area contributed by atoms with Gasteiger partial charge in [0.2, 0.25) is 0 Å². The highest BCUT2D eigenvalue weighted by atomic mass is 15.3. The summed E-state index contributed by atoms with van der Waals surface area (Å²) in [5.41, 5.74) is 7.16. The van der Waals surface area contributed by atoms with Crippen LogP contribution in [0.1, 0.15) is 44.3 Å². The summed E-state index contributed by atoms with van der Waals surface area (Å²) in [6.07, 6.45) is 9.00. The molecular weight excluding hydrogens is 212 g/mol. The molecule has 0 unspecified atom stereocenters. The molecule has 0 atom stereocenters. The van der Waals surface area contributed by atoms with Crippen LogP contribution in [0.25, 0.3) is 5.65 Å². The Morgan fingerprint density at radius 2 is 1.82 bits per heavy atom. The van der Waals surface area contributed by atoms with Crippen molar-refractivity contribution in [2.75, 3.05) is 0 Å². The third kappa shape index (κ3) is 1.82. The zero-order valence-corrected chi connectivity index (χ0v) is 9.97. The standard InChI is InChI=1S/C13H18N4/c14-13(8-4-1-2-5-9-13)12-16-15-11-7-3-6-10-17(11)12/h3,6-7,10H,1-2,4-5,8-9,14H2. The number of nitrogens with two attached hydrogens (primary N) is 1. The third-order valence-electron chi connectivity index (χ3n) is 3.75. The fourth-order valence-electron chi connectivity index (χ4n) is 2.76. The van der Waals surface area contributed by atoms with Crippen LogP contribution < -0.4 is 5.73 Å². The zero-order valence-electron chi connectivity index (χ0n) is 9.97. The summed E-state index contributed by atoms with van der Waals surface area (Å²) in [6.45, 7) is 0. The zero-order chi connectivity index (χ0) is 11.7. The fraction of sp³-hybridized carbons (Fsp3) is 0.538. The largest absolute Gasteiger partial charge is 0.319 e. The average molecular weight is 230 g/mol. The maximum Gasteiger partial charge on any atom is 0.160 e. The average Bonchev–Trinajstić information content (AvgIpc) is 2.67. The van der Waals surface area contributed by atoms with Gasteiger partial charge in [-0.05, 0) is 25.0 Å². The summed E-state index contributed by atoms with van der Waals surface area (Å²) >= 11 is 0. The van der Waals surface area contributed by atoms with Gasteiger partial charge in [0.25, 0.3) is 0 Å². The van der Waals surface area contributed by atoms with Gasteiger partial charge in [-0.2, -0.15) is 0 Å². The van der Waals surface area contributed by atoms with Gasteiger partial charge in [-0.1, -0.05) is 31.7 Å². The molecule has 1 aliphatic carbocycles. The van der Waals surface area contributed by atoms with Gasteiger partial charge in [0, 0.05) is 6.20 Å². The number of rotatable bonds is 1. The second kappa shape index (κ2) is 4.11. The minimum Gasteiger partial charge on any atom is -0.319 e. The van der Waals surface area contributed by atoms with E-state index in [1.165, 1.54) is 25.7 Å². The fourth-order valence-corrected chi connectivity index (χ4v) is 2.76. The Morgan fingerprint density at radius 3 is 2.59 bits per heavy atom. The van der Waals surface area contributed by atoms with Crippen molar-refractivity contribution < 1.29 is 0 Å². The van der Waals surface area contributed by atoms with Crippen molar-refractivity contribution in [3.8, 4) is 0 Å². The molecule has 0 aromatic carbocycles. The Hall–Kier alpha value is -1.42. The quantitative estimate of drug-likeness (QED) is 0.764. The van der Waals surface area contributed by atoms with E-state index < -0.39 is 0 Å². The lowest BCUT2D eigenvalue weighted by Gasteiger charge is -2.25. The summed E-state index contributed by atoms with van der Waals surface area (Å²) in [4.78, 5) is 0. The molecular formula is C13H18N4. The molecule has 2 aromatic rings. The molecule has 1 saturated carbocycles. The molecule has 90 valence electrons. The van der Waals surface area contributed by atoms with E-state index in [0.717, 1.165) is 24.3 Å². The lowest BCUT2D eigenvalue weighted by atomic mass is 9.90. The van der Waals surface area contributed by atoms with Gasteiger partial charge in [0.05, 0.1) is 5.54 Å². The SMILES string of the molecule is NC1(c2nnc3ccccn23)CCCCCC1. The van der Waals surface area contributed by atoms with E-state index in [1.54, 1.807) is 0 Å². The van der Waals surface area contributed by atoms with E-state index >= 15 is 0 Å². The van der Waals surface area contributed by atoms with E-state index in [4.69, 9.17) is 5.73 Å². The van der Waals surface area contributed by atoms with Crippen molar-refractivity contribution >= 4 is 5.65 Å². The van der Waals surface area contributed by atoms with Crippen LogP contribution in [0.5, 0.6) is 0 Å². The van der Waals surface area contributed by atoms with Crippen LogP contribution >= 0.6 is 0 Å². The number of hydrogen-bond donors (Lipinski definition) is 1. The highest BCUT2D eigenvalue weighted by molar-refractivity contribution is 5.38. The summed E-state index contributed by atoms with van der Waals surface area (Å²) in [5, 5.41) is 8.52. The Labute approximate surface area is 101 Å². The van der Waals surface area contributed by atoms with E-state index in [-0.39, 0.29) is 5.54 Å². The minimum absolute atomic E-state index is 0.294. The molecule has 0 spiro atoms. The lowest BCUT2D eigenvalue weighted by molar-refractivity contribution is 0.359. The lowest BCUT2D eigenvalue weighted by Crippen LogP contribution is -2.38. The molecule has 4 nitrogen and oxygen atoms in total. The summed E-state index contributed by atoms with van der Waals surface area (Å²) < 4.78 is 2.03. The molecule has 2 heterocycles. The topological polar surface area (TPSA) is 56.2 Å². The van der Waals surface area contributed by atoms with Crippen molar-refractivity contribution in [2.45, 2.75) is 44.1 Å². The molecule has 0 saturated heterocycles. The Kier molecular flexibility index (Phi) is 2.59. The monoisotopic (exact) mass is 230 g/mol. The molecule has 17 heavy (non-hydrogen) atoms. The number of aromatic nitrogens is 3. The van der Waals surface area contributed by atoms with Crippen LogP contribution in [-0.2, 0) is 5.54 Å². The first-order valence-electron chi connectivity index (χ1n) is 6.39. The van der Waals surface area contributed by atoms with Crippen molar-refractivity contribution in [3.63, 3.8) is 0 Å². The predicted octanol–water partition coefficient (Wildman–Crippen LogP) is 2.24. The normalized spacial score (nSPS) is 20.3. The maximum atomic E-state index is 6.57. The van der Waals surface area contributed by atoms with Gasteiger partial charge in [0.1, 0.15) is 0 Å². The minimum atomic E-state index is -0.294. The van der Waals surface area contributed by atoms with E-state index in [9.17, 15) is 0 Å². The summed E-state index contributed by atoms with van der Waals surface area (Å²) in [5.74, 6) is 0.926. The number of hydrogen-bond acceptors (Lipinski definition) is 3. The van der Waals surface area contributed by atoms with Crippen molar-refractivity contribution in [3.05, 3.63) is 30.2 Å². The van der Waals surface area contributed by atoms with Crippen molar-refractivity contribution in [1.29, 1.82) is 0 Å². The van der Waals surface area contributed by atoms with Crippen LogP contribution in [0.4, 0.5) is 0 Å². The highest BCUT2D eigenvalue weighted by Crippen LogP contribution is 2.32. The molecule has 3 rings (SSSR count). The van der Waals surface area contributed by atoms with Gasteiger partial charge in [0.15, 0.2) is 11.5 Å². The molecule has 0 aliphatic heterocycles. The van der Waals surface area contributed by atoms with E-state index in [1.807, 2.05) is 28.8 Å². The van der Waals surface area contributed by atoms with Crippen LogP contribution in [0.2, 0.25) is 0 Å². The molecule has 0 radical (unpaired) electrons. The summed E-state index contributed by atoms with van der Waals surface area (Å²) in [6, 6.07) is 5.94. The highest BCUT2D eigenvalue weighted by Gasteiger charge is 2.32. The second-order valence-corrected chi connectivity index (χ2v) is 5.02. The van der Waals surface area contributed by atoms with Crippen molar-refractivity contribution in [2.24, 2.45) is 5.73 Å². The van der Waals surface area contributed by atoms with Crippen LogP contribution in [0.15, 0.2) is 24.4 Å². The molecule has 4 heteroatoms. The smallest absolute Gasteiger partial charge is 0.160 e. The van der Waals surface area contributed by atoms with Gasteiger partial charge in [-0.3, -0.25) is 4.40 Å². The maximum absolute atomic E-state index is 6.57. The molecule has 0 amide bonds. The number of pyridine rings is 1. The van der Waals surface area contributed by atoms with Crippen LogP contribution in [0.3, 0.4) is 0 Å². The van der Waals surface area contributed by atoms with Gasteiger partial charge in [-0.15, -0.1) is 10.2 Å². The first-order chi connectivity index (χ1) is 8.30. The van der Waals surface area contributed by atoms with E-state index in [2.05, 4.69) is 10.2 Å². The molecule has 1 aliphatic rings. The molecule has 1 fully saturated rings. The Morgan fingerprint density at radius 1 is 1.06 bits per heavy atom. The first-order valence-corrected chi connectivity index (χ1v) is 6.39. The Bertz CT molecular complexity index is 509. The van der Waals surface area contributed by atoms with Crippen molar-refractivity contribution in [1.82, 2.24) is 14.6 Å². The number of fused-ring (bicyclic) bond motifs is 1. The van der Waals surface area contributed by atoms with Gasteiger partial charge in [-0.25, -0.2) is 0 Å². The Balaban J connectivity index is 2.07.